The quantitative estimate of drug-likeness (QED) is 0.164. The number of nitro groups is 1. The molecule has 0 saturated carbocycles. The lowest BCUT2D eigenvalue weighted by Crippen LogP contribution is -2.26. The Kier molecular flexibility index (Phi) is 6.73. The Morgan fingerprint density at radius 1 is 1.06 bits per heavy atom. The van der Waals surface area contributed by atoms with E-state index in [0.717, 1.165) is 10.1 Å². The lowest BCUT2D eigenvalue weighted by molar-refractivity contribution is -0.384. The fourth-order valence-corrected chi connectivity index (χ4v) is 4.98. The predicted octanol–water partition coefficient (Wildman–Crippen LogP) is 6.76. The largest absolute Gasteiger partial charge is 0.443 e. The number of hydrogen-bond acceptors (Lipinski definition) is 6. The third-order valence-electron chi connectivity index (χ3n) is 4.71. The molecule has 33 heavy (non-hydrogen) atoms. The number of thiophene rings is 1. The van der Waals surface area contributed by atoms with E-state index in [9.17, 15) is 19.7 Å². The van der Waals surface area contributed by atoms with Crippen LogP contribution >= 0.6 is 38.9 Å². The Morgan fingerprint density at radius 2 is 1.76 bits per heavy atom. The first-order valence-corrected chi connectivity index (χ1v) is 11.5. The van der Waals surface area contributed by atoms with Crippen molar-refractivity contribution in [1.82, 2.24) is 0 Å². The second-order valence-corrected chi connectivity index (χ2v) is 9.13. The molecule has 1 amide bonds. The van der Waals surface area contributed by atoms with Crippen LogP contribution in [0.1, 0.15) is 21.3 Å². The highest BCUT2D eigenvalue weighted by molar-refractivity contribution is 9.10. The summed E-state index contributed by atoms with van der Waals surface area (Å²) in [6.45, 7) is 0. The van der Waals surface area contributed by atoms with Gasteiger partial charge in [-0.25, -0.2) is 4.79 Å². The molecule has 0 saturated heterocycles. The summed E-state index contributed by atoms with van der Waals surface area (Å²) in [5.74, 6) is -1.35. The Balaban J connectivity index is 1.63. The van der Waals surface area contributed by atoms with Crippen LogP contribution in [0.4, 0.5) is 11.4 Å². The number of nitrogens with zero attached hydrogens (tertiary/aromatic N) is 1. The number of fused-ring (bicyclic) bond motifs is 1. The molecule has 0 radical (unpaired) electrons. The van der Waals surface area contributed by atoms with Gasteiger partial charge < -0.3 is 10.1 Å². The van der Waals surface area contributed by atoms with Gasteiger partial charge >= 0.3 is 5.97 Å². The summed E-state index contributed by atoms with van der Waals surface area (Å²) in [5, 5.41) is 14.6. The minimum Gasteiger partial charge on any atom is -0.443 e. The molecular weight excluding hydrogens is 532 g/mol. The predicted molar refractivity (Wildman–Crippen MR) is 131 cm³/mol. The molecule has 4 rings (SSSR count). The van der Waals surface area contributed by atoms with Crippen LogP contribution in [0.3, 0.4) is 0 Å². The topological polar surface area (TPSA) is 98.5 Å². The highest BCUT2D eigenvalue weighted by Crippen LogP contribution is 2.37. The number of carbonyl (C=O) groups excluding carboxylic acids is 2. The van der Waals surface area contributed by atoms with E-state index in [1.807, 2.05) is 18.2 Å². The lowest BCUT2D eigenvalue weighted by Gasteiger charge is -2.18. The van der Waals surface area contributed by atoms with Gasteiger partial charge in [0.05, 0.1) is 15.6 Å². The average Bonchev–Trinajstić information content (AvgIpc) is 3.15. The zero-order chi connectivity index (χ0) is 23.5. The Bertz CT molecular complexity index is 1380. The first-order chi connectivity index (χ1) is 15.8. The van der Waals surface area contributed by atoms with Gasteiger partial charge in [-0.1, -0.05) is 60.1 Å². The van der Waals surface area contributed by atoms with Crippen molar-refractivity contribution >= 4 is 72.2 Å². The SMILES string of the molecule is O=C(OC(C(=O)Nc1ccc([N+](=O)[O-])cc1Br)c1ccccc1)c1sc2ccccc2c1Cl. The molecule has 10 heteroatoms. The molecule has 0 bridgehead atoms. The summed E-state index contributed by atoms with van der Waals surface area (Å²) in [6.07, 6.45) is -1.28. The number of benzene rings is 3. The molecule has 3 aromatic carbocycles. The number of nitrogens with one attached hydrogen (secondary N) is 1. The van der Waals surface area contributed by atoms with Gasteiger partial charge in [-0.15, -0.1) is 11.3 Å². The molecule has 1 aromatic heterocycles. The fourth-order valence-electron chi connectivity index (χ4n) is 3.12. The molecule has 1 atom stereocenters. The number of halogens is 2. The molecule has 166 valence electrons. The van der Waals surface area contributed by atoms with Crippen molar-refractivity contribution in [2.24, 2.45) is 0 Å². The summed E-state index contributed by atoms with van der Waals surface area (Å²) < 4.78 is 6.76. The molecule has 0 aliphatic carbocycles. The number of carbonyl (C=O) groups is 2. The first kappa shape index (κ1) is 22.9. The van der Waals surface area contributed by atoms with E-state index in [1.54, 1.807) is 36.4 Å². The van der Waals surface area contributed by atoms with E-state index >= 15 is 0 Å². The highest BCUT2D eigenvalue weighted by atomic mass is 79.9. The van der Waals surface area contributed by atoms with Crippen molar-refractivity contribution in [3.05, 3.63) is 103 Å². The molecule has 0 aliphatic rings. The standard InChI is InChI=1S/C23H14BrClN2O5S/c24-16-12-14(27(30)31)10-11-17(16)26-22(28)20(13-6-2-1-3-7-13)32-23(29)21-19(25)15-8-4-5-9-18(15)33-21/h1-12,20H,(H,26,28). The molecule has 0 aliphatic heterocycles. The van der Waals surface area contributed by atoms with Gasteiger partial charge in [-0.3, -0.25) is 14.9 Å². The highest BCUT2D eigenvalue weighted by Gasteiger charge is 2.28. The van der Waals surface area contributed by atoms with Gasteiger partial charge in [0.15, 0.2) is 0 Å². The second kappa shape index (κ2) is 9.70. The number of amides is 1. The molecule has 0 fully saturated rings. The van der Waals surface area contributed by atoms with Gasteiger partial charge in [-0.05, 0) is 28.1 Å². The normalized spacial score (nSPS) is 11.7. The minimum atomic E-state index is -1.28. The van der Waals surface area contributed by atoms with Crippen LogP contribution in [0, 0.1) is 10.1 Å². The summed E-state index contributed by atoms with van der Waals surface area (Å²) in [4.78, 5) is 36.8. The van der Waals surface area contributed by atoms with Crippen LogP contribution in [-0.2, 0) is 9.53 Å². The summed E-state index contributed by atoms with van der Waals surface area (Å²) in [7, 11) is 0. The van der Waals surface area contributed by atoms with E-state index in [2.05, 4.69) is 21.2 Å². The lowest BCUT2D eigenvalue weighted by atomic mass is 10.1. The zero-order valence-corrected chi connectivity index (χ0v) is 19.8. The van der Waals surface area contributed by atoms with Crippen molar-refractivity contribution in [2.45, 2.75) is 6.10 Å². The molecule has 0 spiro atoms. The van der Waals surface area contributed by atoms with Crippen LogP contribution in [0.5, 0.6) is 0 Å². The number of hydrogen-bond donors (Lipinski definition) is 1. The van der Waals surface area contributed by atoms with Gasteiger partial charge in [0.2, 0.25) is 6.10 Å². The number of rotatable bonds is 6. The first-order valence-electron chi connectivity index (χ1n) is 9.53. The van der Waals surface area contributed by atoms with Crippen LogP contribution in [-0.4, -0.2) is 16.8 Å². The molecule has 1 unspecified atom stereocenters. The number of anilines is 1. The van der Waals surface area contributed by atoms with Crippen LogP contribution in [0.25, 0.3) is 10.1 Å². The Hall–Kier alpha value is -3.27. The van der Waals surface area contributed by atoms with E-state index in [1.165, 1.54) is 29.5 Å². The second-order valence-electron chi connectivity index (χ2n) is 6.85. The zero-order valence-electron chi connectivity index (χ0n) is 16.7. The molecule has 4 aromatic rings. The third-order valence-corrected chi connectivity index (χ3v) is 7.02. The van der Waals surface area contributed by atoms with Crippen molar-refractivity contribution in [2.75, 3.05) is 5.32 Å². The maximum Gasteiger partial charge on any atom is 0.351 e. The Morgan fingerprint density at radius 3 is 2.42 bits per heavy atom. The number of non-ortho nitro benzene ring substituents is 1. The number of nitro benzene ring substituents is 1. The molecule has 1 N–H and O–H groups in total. The minimum absolute atomic E-state index is 0.134. The van der Waals surface area contributed by atoms with Gasteiger partial charge in [-0.2, -0.15) is 0 Å². The summed E-state index contributed by atoms with van der Waals surface area (Å²) in [6, 6.07) is 19.8. The van der Waals surface area contributed by atoms with E-state index in [4.69, 9.17) is 16.3 Å². The average molecular weight is 546 g/mol. The van der Waals surface area contributed by atoms with Crippen LogP contribution < -0.4 is 5.32 Å². The monoisotopic (exact) mass is 544 g/mol. The van der Waals surface area contributed by atoms with Crippen molar-refractivity contribution in [3.8, 4) is 0 Å². The van der Waals surface area contributed by atoms with Gasteiger partial charge in [0.1, 0.15) is 4.88 Å². The van der Waals surface area contributed by atoms with E-state index < -0.39 is 22.9 Å². The van der Waals surface area contributed by atoms with Gasteiger partial charge in [0, 0.05) is 32.3 Å². The summed E-state index contributed by atoms with van der Waals surface area (Å²) in [5.41, 5.74) is 0.617. The van der Waals surface area contributed by atoms with Crippen molar-refractivity contribution in [3.63, 3.8) is 0 Å². The van der Waals surface area contributed by atoms with Crippen LogP contribution in [0.2, 0.25) is 5.02 Å². The third kappa shape index (κ3) is 4.90. The smallest absolute Gasteiger partial charge is 0.351 e. The maximum atomic E-state index is 13.1. The Labute approximate surface area is 205 Å². The van der Waals surface area contributed by atoms with Gasteiger partial charge in [0.25, 0.3) is 11.6 Å². The fraction of sp³-hybridized carbons (Fsp3) is 0.0435. The van der Waals surface area contributed by atoms with Crippen LogP contribution in [0.15, 0.2) is 77.3 Å². The number of ether oxygens (including phenoxy) is 1. The number of esters is 1. The maximum absolute atomic E-state index is 13.1. The van der Waals surface area contributed by atoms with Crippen molar-refractivity contribution < 1.29 is 19.2 Å². The van der Waals surface area contributed by atoms with E-state index in [-0.39, 0.29) is 15.6 Å². The molecular formula is C23H14BrClN2O5S. The molecule has 7 nitrogen and oxygen atoms in total. The van der Waals surface area contributed by atoms with Crippen molar-refractivity contribution in [1.29, 1.82) is 0 Å². The van der Waals surface area contributed by atoms with E-state index in [0.29, 0.717) is 15.7 Å². The summed E-state index contributed by atoms with van der Waals surface area (Å²) >= 11 is 10.8. The molecule has 1 heterocycles.